The summed E-state index contributed by atoms with van der Waals surface area (Å²) < 4.78 is 34.4. The average Bonchev–Trinajstić information content (AvgIpc) is 2.67. The molecule has 0 aliphatic heterocycles. The van der Waals surface area contributed by atoms with Gasteiger partial charge in [0, 0.05) is 18.1 Å². The highest BCUT2D eigenvalue weighted by Crippen LogP contribution is 2.32. The van der Waals surface area contributed by atoms with Gasteiger partial charge < -0.3 is 4.74 Å². The molecule has 0 unspecified atom stereocenters. The maximum Gasteiger partial charge on any atom is 0.297 e. The molecular formula is C18H14ClF2N5O3. The largest absolute Gasteiger partial charge is 0.450 e. The Morgan fingerprint density at radius 1 is 1.45 bits per heavy atom. The van der Waals surface area contributed by atoms with Crippen LogP contribution in [-0.2, 0) is 12.5 Å². The molecule has 0 aromatic carbocycles. The van der Waals surface area contributed by atoms with Gasteiger partial charge in [0.2, 0.25) is 5.75 Å². The molecule has 2 aromatic heterocycles. The smallest absolute Gasteiger partial charge is 0.297 e. The first kappa shape index (κ1) is 20.4. The van der Waals surface area contributed by atoms with Crippen molar-refractivity contribution in [1.29, 1.82) is 5.26 Å². The van der Waals surface area contributed by atoms with E-state index in [1.165, 1.54) is 12.1 Å². The topological polar surface area (TPSA) is 114 Å². The molecule has 3 rings (SSSR count). The fourth-order valence-electron chi connectivity index (χ4n) is 2.66. The van der Waals surface area contributed by atoms with Crippen LogP contribution in [0.2, 0.25) is 5.15 Å². The predicted molar refractivity (Wildman–Crippen MR) is 98.7 cm³/mol. The summed E-state index contributed by atoms with van der Waals surface area (Å²) >= 11 is 5.75. The first-order valence-corrected chi connectivity index (χ1v) is 8.77. The van der Waals surface area contributed by atoms with Crippen molar-refractivity contribution >= 4 is 11.6 Å². The van der Waals surface area contributed by atoms with Crippen LogP contribution in [0.3, 0.4) is 0 Å². The SMILES string of the molecule is CC(F)(F)c1ncn(Cc2cc(Cl)n[nH]c2=O)c(=O)c1OC1=CCCC(C#N)=C1. The number of allylic oxidation sites excluding steroid dienone is 3. The van der Waals surface area contributed by atoms with Crippen molar-refractivity contribution in [2.45, 2.75) is 32.2 Å². The van der Waals surface area contributed by atoms with Crippen LogP contribution in [0.15, 0.2) is 45.5 Å². The van der Waals surface area contributed by atoms with Crippen molar-refractivity contribution < 1.29 is 13.5 Å². The van der Waals surface area contributed by atoms with Gasteiger partial charge in [0.1, 0.15) is 10.9 Å². The first-order chi connectivity index (χ1) is 13.7. The number of nitrogens with zero attached hydrogens (tertiary/aromatic N) is 4. The number of rotatable bonds is 5. The monoisotopic (exact) mass is 421 g/mol. The molecule has 11 heteroatoms. The second-order valence-electron chi connectivity index (χ2n) is 6.32. The van der Waals surface area contributed by atoms with Gasteiger partial charge >= 0.3 is 0 Å². The number of hydrogen-bond donors (Lipinski definition) is 1. The fraction of sp³-hybridized carbons (Fsp3) is 0.278. The van der Waals surface area contributed by atoms with E-state index in [2.05, 4.69) is 15.2 Å². The highest BCUT2D eigenvalue weighted by molar-refractivity contribution is 6.29. The van der Waals surface area contributed by atoms with Crippen LogP contribution >= 0.6 is 11.6 Å². The number of nitriles is 1. The van der Waals surface area contributed by atoms with Crippen molar-refractivity contribution in [2.24, 2.45) is 0 Å². The molecule has 0 atom stereocenters. The lowest BCUT2D eigenvalue weighted by Gasteiger charge is -2.18. The third-order valence-electron chi connectivity index (χ3n) is 4.04. The van der Waals surface area contributed by atoms with Gasteiger partial charge in [0.25, 0.3) is 17.0 Å². The molecule has 8 nitrogen and oxygen atoms in total. The zero-order valence-corrected chi connectivity index (χ0v) is 15.8. The summed E-state index contributed by atoms with van der Waals surface area (Å²) in [4.78, 5) is 28.4. The van der Waals surface area contributed by atoms with Gasteiger partial charge in [0.05, 0.1) is 18.9 Å². The van der Waals surface area contributed by atoms with Gasteiger partial charge in [0.15, 0.2) is 5.69 Å². The maximum absolute atomic E-state index is 14.0. The van der Waals surface area contributed by atoms with Crippen LogP contribution in [0, 0.1) is 11.3 Å². The minimum absolute atomic E-state index is 0.00433. The normalized spacial score (nSPS) is 14.0. The Hall–Kier alpha value is -3.32. The number of aromatic amines is 1. The second-order valence-corrected chi connectivity index (χ2v) is 6.70. The van der Waals surface area contributed by atoms with E-state index < -0.39 is 28.5 Å². The summed E-state index contributed by atoms with van der Waals surface area (Å²) in [5.41, 5.74) is -1.87. The van der Waals surface area contributed by atoms with E-state index >= 15 is 0 Å². The Bertz CT molecular complexity index is 1170. The van der Waals surface area contributed by atoms with Crippen LogP contribution in [-0.4, -0.2) is 19.7 Å². The molecule has 1 N–H and O–H groups in total. The van der Waals surface area contributed by atoms with Crippen LogP contribution in [0.4, 0.5) is 8.78 Å². The number of nitrogens with one attached hydrogen (secondary N) is 1. The number of halogens is 3. The molecule has 0 radical (unpaired) electrons. The molecule has 1 aliphatic carbocycles. The van der Waals surface area contributed by atoms with Crippen LogP contribution < -0.4 is 15.9 Å². The van der Waals surface area contributed by atoms with E-state index in [1.807, 2.05) is 6.07 Å². The molecule has 0 saturated heterocycles. The summed E-state index contributed by atoms with van der Waals surface area (Å²) in [5, 5.41) is 14.7. The summed E-state index contributed by atoms with van der Waals surface area (Å²) in [5.74, 6) is -4.04. The zero-order valence-electron chi connectivity index (χ0n) is 15.1. The van der Waals surface area contributed by atoms with Crippen LogP contribution in [0.1, 0.15) is 31.0 Å². The maximum atomic E-state index is 14.0. The zero-order chi connectivity index (χ0) is 21.2. The van der Waals surface area contributed by atoms with Crippen molar-refractivity contribution in [3.05, 3.63) is 73.0 Å². The highest BCUT2D eigenvalue weighted by Gasteiger charge is 2.33. The van der Waals surface area contributed by atoms with E-state index in [9.17, 15) is 18.4 Å². The minimum Gasteiger partial charge on any atom is -0.450 e. The van der Waals surface area contributed by atoms with E-state index in [1.54, 1.807) is 6.08 Å². The van der Waals surface area contributed by atoms with E-state index in [0.29, 0.717) is 25.3 Å². The number of aromatic nitrogens is 4. The van der Waals surface area contributed by atoms with Gasteiger partial charge in [-0.1, -0.05) is 11.6 Å². The Morgan fingerprint density at radius 2 is 2.21 bits per heavy atom. The number of alkyl halides is 2. The number of ether oxygens (including phenoxy) is 1. The summed E-state index contributed by atoms with van der Waals surface area (Å²) in [6, 6.07) is 3.22. The lowest BCUT2D eigenvalue weighted by molar-refractivity contribution is 0.00985. The van der Waals surface area contributed by atoms with Gasteiger partial charge in [-0.15, -0.1) is 0 Å². The molecule has 0 amide bonds. The van der Waals surface area contributed by atoms with Crippen molar-refractivity contribution in [1.82, 2.24) is 19.7 Å². The van der Waals surface area contributed by atoms with Crippen molar-refractivity contribution in [3.63, 3.8) is 0 Å². The van der Waals surface area contributed by atoms with Crippen molar-refractivity contribution in [3.8, 4) is 11.8 Å². The molecule has 0 bridgehead atoms. The van der Waals surface area contributed by atoms with E-state index in [-0.39, 0.29) is 23.0 Å². The molecule has 0 fully saturated rings. The van der Waals surface area contributed by atoms with Gasteiger partial charge in [-0.25, -0.2) is 10.1 Å². The van der Waals surface area contributed by atoms with Gasteiger partial charge in [-0.2, -0.15) is 19.1 Å². The fourth-order valence-corrected chi connectivity index (χ4v) is 2.83. The highest BCUT2D eigenvalue weighted by atomic mass is 35.5. The minimum atomic E-state index is -3.46. The quantitative estimate of drug-likeness (QED) is 0.793. The first-order valence-electron chi connectivity index (χ1n) is 8.39. The van der Waals surface area contributed by atoms with Crippen molar-refractivity contribution in [2.75, 3.05) is 0 Å². The lowest BCUT2D eigenvalue weighted by Crippen LogP contribution is -2.29. The number of H-pyrrole nitrogens is 1. The Morgan fingerprint density at radius 3 is 2.90 bits per heavy atom. The third-order valence-corrected chi connectivity index (χ3v) is 4.23. The molecule has 2 aromatic rings. The predicted octanol–water partition coefficient (Wildman–Crippen LogP) is 2.65. The molecule has 0 saturated carbocycles. The molecule has 2 heterocycles. The number of hydrogen-bond acceptors (Lipinski definition) is 6. The molecule has 29 heavy (non-hydrogen) atoms. The molecule has 0 spiro atoms. The summed E-state index contributed by atoms with van der Waals surface area (Å²) in [7, 11) is 0. The molecule has 150 valence electrons. The van der Waals surface area contributed by atoms with E-state index in [4.69, 9.17) is 21.6 Å². The van der Waals surface area contributed by atoms with Crippen LogP contribution in [0.25, 0.3) is 0 Å². The summed E-state index contributed by atoms with van der Waals surface area (Å²) in [6.45, 7) is 0.304. The van der Waals surface area contributed by atoms with Gasteiger partial charge in [-0.3, -0.25) is 14.2 Å². The Labute approximate surface area is 167 Å². The molecule has 1 aliphatic rings. The molecular weight excluding hydrogens is 408 g/mol. The Kier molecular flexibility index (Phi) is 5.61. The third kappa shape index (κ3) is 4.57. The standard InChI is InChI=1S/C18H14ClF2N5O3/c1-18(20,21)15-14(29-12-4-2-3-10(5-12)7-22)17(28)26(9-23-15)8-11-6-13(19)24-25-16(11)27/h4-6,9H,2-3,8H2,1H3,(H,25,27). The van der Waals surface area contributed by atoms with E-state index in [0.717, 1.165) is 10.9 Å². The summed E-state index contributed by atoms with van der Waals surface area (Å²) in [6.07, 6.45) is 4.82. The lowest BCUT2D eigenvalue weighted by atomic mass is 10.1. The van der Waals surface area contributed by atoms with Gasteiger partial charge in [-0.05, 0) is 31.1 Å². The van der Waals surface area contributed by atoms with Crippen LogP contribution in [0.5, 0.6) is 5.75 Å². The second kappa shape index (κ2) is 7.97. The average molecular weight is 422 g/mol. The Balaban J connectivity index is 2.07.